The third-order valence-corrected chi connectivity index (χ3v) is 4.82. The van der Waals surface area contributed by atoms with Crippen LogP contribution in [0.25, 0.3) is 0 Å². The molecule has 2 heterocycles. The SMILES string of the molecule is Cc1nn(CC(=O)N2C[C@H](C(=O)O)[C@@H](C3CC3)C2)cc1Cl. The Morgan fingerprint density at radius 1 is 1.43 bits per heavy atom. The van der Waals surface area contributed by atoms with Crippen LogP contribution in [0.4, 0.5) is 0 Å². The molecule has 1 N–H and O–H groups in total. The third-order valence-electron chi connectivity index (χ3n) is 4.45. The van der Waals surface area contributed by atoms with Gasteiger partial charge in [-0.25, -0.2) is 0 Å². The zero-order valence-corrected chi connectivity index (χ0v) is 12.6. The molecule has 1 amide bonds. The highest BCUT2D eigenvalue weighted by molar-refractivity contribution is 6.31. The second kappa shape index (κ2) is 5.33. The van der Waals surface area contributed by atoms with E-state index in [-0.39, 0.29) is 18.4 Å². The van der Waals surface area contributed by atoms with Crippen LogP contribution in [0.3, 0.4) is 0 Å². The Morgan fingerprint density at radius 3 is 2.67 bits per heavy atom. The molecule has 0 bridgehead atoms. The van der Waals surface area contributed by atoms with Gasteiger partial charge >= 0.3 is 5.97 Å². The lowest BCUT2D eigenvalue weighted by molar-refractivity contribution is -0.142. The molecule has 2 fully saturated rings. The number of carboxylic acids is 1. The summed E-state index contributed by atoms with van der Waals surface area (Å²) in [7, 11) is 0. The monoisotopic (exact) mass is 311 g/mol. The molecule has 0 radical (unpaired) electrons. The summed E-state index contributed by atoms with van der Waals surface area (Å²) in [5, 5.41) is 14.0. The van der Waals surface area contributed by atoms with E-state index in [4.69, 9.17) is 11.6 Å². The van der Waals surface area contributed by atoms with Crippen LogP contribution < -0.4 is 0 Å². The molecule has 1 aliphatic heterocycles. The standard InChI is InChI=1S/C14H18ClN3O3/c1-8-12(15)6-18(16-8)7-13(19)17-4-10(9-2-3-9)11(5-17)14(20)21/h6,9-11H,2-5,7H2,1H3,(H,20,21)/t10-,11+/m1/s1. The minimum absolute atomic E-state index is 0.0939. The van der Waals surface area contributed by atoms with Gasteiger partial charge in [0.1, 0.15) is 6.54 Å². The predicted molar refractivity (Wildman–Crippen MR) is 75.9 cm³/mol. The molecule has 0 spiro atoms. The Labute approximate surface area is 127 Å². The Balaban J connectivity index is 1.66. The summed E-state index contributed by atoms with van der Waals surface area (Å²) in [6.07, 6.45) is 3.80. The van der Waals surface area contributed by atoms with Crippen LogP contribution in [-0.4, -0.2) is 44.8 Å². The van der Waals surface area contributed by atoms with Crippen molar-refractivity contribution in [3.8, 4) is 0 Å². The summed E-state index contributed by atoms with van der Waals surface area (Å²) in [6, 6.07) is 0. The molecule has 1 aromatic rings. The zero-order chi connectivity index (χ0) is 15.1. The van der Waals surface area contributed by atoms with Crippen molar-refractivity contribution in [2.75, 3.05) is 13.1 Å². The maximum absolute atomic E-state index is 12.3. The van der Waals surface area contributed by atoms with Crippen molar-refractivity contribution < 1.29 is 14.7 Å². The second-order valence-electron chi connectivity index (χ2n) is 6.00. The zero-order valence-electron chi connectivity index (χ0n) is 11.8. The van der Waals surface area contributed by atoms with Crippen molar-refractivity contribution in [2.45, 2.75) is 26.3 Å². The summed E-state index contributed by atoms with van der Waals surface area (Å²) in [6.45, 7) is 2.75. The molecule has 3 rings (SSSR count). The lowest BCUT2D eigenvalue weighted by Crippen LogP contribution is -2.33. The number of carboxylic acid groups (broad SMARTS) is 1. The molecule has 1 saturated heterocycles. The predicted octanol–water partition coefficient (Wildman–Crippen LogP) is 1.41. The number of carbonyl (C=O) groups excluding carboxylic acids is 1. The number of hydrogen-bond donors (Lipinski definition) is 1. The summed E-state index contributed by atoms with van der Waals surface area (Å²) in [4.78, 5) is 25.3. The maximum atomic E-state index is 12.3. The van der Waals surface area contributed by atoms with Crippen molar-refractivity contribution in [1.29, 1.82) is 0 Å². The Bertz CT molecular complexity index is 563. The average Bonchev–Trinajstić information content (AvgIpc) is 3.07. The second-order valence-corrected chi connectivity index (χ2v) is 6.41. The minimum Gasteiger partial charge on any atom is -0.481 e. The number of hydrogen-bond acceptors (Lipinski definition) is 3. The smallest absolute Gasteiger partial charge is 0.308 e. The van der Waals surface area contributed by atoms with Gasteiger partial charge in [0.25, 0.3) is 0 Å². The van der Waals surface area contributed by atoms with Gasteiger partial charge in [-0.3, -0.25) is 14.3 Å². The fourth-order valence-corrected chi connectivity index (χ4v) is 3.26. The van der Waals surface area contributed by atoms with Crippen LogP contribution in [0.15, 0.2) is 6.20 Å². The van der Waals surface area contributed by atoms with Crippen LogP contribution in [0.5, 0.6) is 0 Å². The molecular weight excluding hydrogens is 294 g/mol. The summed E-state index contributed by atoms with van der Waals surface area (Å²) in [5.74, 6) is -0.729. The largest absolute Gasteiger partial charge is 0.481 e. The van der Waals surface area contributed by atoms with Crippen LogP contribution >= 0.6 is 11.6 Å². The van der Waals surface area contributed by atoms with Crippen molar-refractivity contribution in [3.63, 3.8) is 0 Å². The molecule has 114 valence electrons. The first kappa shape index (κ1) is 14.4. The number of amides is 1. The topological polar surface area (TPSA) is 75.4 Å². The number of aryl methyl sites for hydroxylation is 1. The molecule has 1 aliphatic carbocycles. The highest BCUT2D eigenvalue weighted by Gasteiger charge is 2.46. The fourth-order valence-electron chi connectivity index (χ4n) is 3.11. The summed E-state index contributed by atoms with van der Waals surface area (Å²) < 4.78 is 1.51. The lowest BCUT2D eigenvalue weighted by atomic mass is 9.92. The van der Waals surface area contributed by atoms with E-state index in [1.165, 1.54) is 4.68 Å². The first-order valence-electron chi connectivity index (χ1n) is 7.16. The Hall–Kier alpha value is -1.56. The molecule has 0 unspecified atom stereocenters. The Kier molecular flexibility index (Phi) is 3.65. The van der Waals surface area contributed by atoms with Crippen molar-refractivity contribution >= 4 is 23.5 Å². The lowest BCUT2D eigenvalue weighted by Gasteiger charge is -2.16. The van der Waals surface area contributed by atoms with Gasteiger partial charge in [-0.1, -0.05) is 11.6 Å². The van der Waals surface area contributed by atoms with E-state index in [2.05, 4.69) is 5.10 Å². The first-order chi connectivity index (χ1) is 9.95. The van der Waals surface area contributed by atoms with Gasteiger partial charge in [-0.15, -0.1) is 0 Å². The van der Waals surface area contributed by atoms with E-state index in [0.717, 1.165) is 12.8 Å². The van der Waals surface area contributed by atoms with E-state index in [1.54, 1.807) is 18.0 Å². The van der Waals surface area contributed by atoms with E-state index in [0.29, 0.717) is 29.7 Å². The number of aromatic nitrogens is 2. The molecular formula is C14H18ClN3O3. The molecule has 2 atom stereocenters. The van der Waals surface area contributed by atoms with Gasteiger partial charge in [-0.05, 0) is 31.6 Å². The highest BCUT2D eigenvalue weighted by Crippen LogP contribution is 2.44. The van der Waals surface area contributed by atoms with E-state index < -0.39 is 11.9 Å². The van der Waals surface area contributed by atoms with Crippen LogP contribution in [0.2, 0.25) is 5.02 Å². The third kappa shape index (κ3) is 2.90. The van der Waals surface area contributed by atoms with Crippen LogP contribution in [-0.2, 0) is 16.1 Å². The van der Waals surface area contributed by atoms with Gasteiger partial charge in [-0.2, -0.15) is 5.10 Å². The van der Waals surface area contributed by atoms with Crippen molar-refractivity contribution in [1.82, 2.24) is 14.7 Å². The molecule has 7 heteroatoms. The first-order valence-corrected chi connectivity index (χ1v) is 7.53. The summed E-state index contributed by atoms with van der Waals surface area (Å²) >= 11 is 5.92. The average molecular weight is 312 g/mol. The quantitative estimate of drug-likeness (QED) is 0.912. The number of rotatable bonds is 4. The highest BCUT2D eigenvalue weighted by atomic mass is 35.5. The van der Waals surface area contributed by atoms with Crippen LogP contribution in [0, 0.1) is 24.7 Å². The van der Waals surface area contributed by atoms with Crippen molar-refractivity contribution in [3.05, 3.63) is 16.9 Å². The number of nitrogens with zero attached hydrogens (tertiary/aromatic N) is 3. The van der Waals surface area contributed by atoms with Gasteiger partial charge in [0, 0.05) is 19.3 Å². The number of halogens is 1. The number of likely N-dealkylation sites (tertiary alicyclic amines) is 1. The normalized spacial score (nSPS) is 25.3. The summed E-state index contributed by atoms with van der Waals surface area (Å²) in [5.41, 5.74) is 0.685. The van der Waals surface area contributed by atoms with Crippen LogP contribution in [0.1, 0.15) is 18.5 Å². The number of aliphatic carboxylic acids is 1. The number of carbonyl (C=O) groups is 2. The van der Waals surface area contributed by atoms with Gasteiger partial charge in [0.05, 0.1) is 16.6 Å². The van der Waals surface area contributed by atoms with E-state index >= 15 is 0 Å². The maximum Gasteiger partial charge on any atom is 0.308 e. The van der Waals surface area contributed by atoms with E-state index in [9.17, 15) is 14.7 Å². The molecule has 1 aromatic heterocycles. The fraction of sp³-hybridized carbons (Fsp3) is 0.643. The van der Waals surface area contributed by atoms with Crippen molar-refractivity contribution in [2.24, 2.45) is 17.8 Å². The van der Waals surface area contributed by atoms with Gasteiger partial charge in [0.2, 0.25) is 5.91 Å². The minimum atomic E-state index is -0.792. The molecule has 6 nitrogen and oxygen atoms in total. The molecule has 2 aliphatic rings. The Morgan fingerprint density at radius 2 is 2.14 bits per heavy atom. The molecule has 0 aromatic carbocycles. The van der Waals surface area contributed by atoms with Gasteiger partial charge < -0.3 is 10.0 Å². The molecule has 1 saturated carbocycles. The van der Waals surface area contributed by atoms with E-state index in [1.807, 2.05) is 0 Å². The van der Waals surface area contributed by atoms with Gasteiger partial charge in [0.15, 0.2) is 0 Å². The molecule has 21 heavy (non-hydrogen) atoms.